The van der Waals surface area contributed by atoms with Crippen LogP contribution < -0.4 is 10.1 Å². The van der Waals surface area contributed by atoms with Crippen molar-refractivity contribution in [2.24, 2.45) is 0 Å². The molecule has 1 aliphatic rings. The molecule has 2 atom stereocenters. The fraction of sp³-hybridized carbons (Fsp3) is 0.474. The van der Waals surface area contributed by atoms with E-state index >= 15 is 0 Å². The Morgan fingerprint density at radius 1 is 1.38 bits per heavy atom. The third kappa shape index (κ3) is 4.81. The number of hydrogen-bond donors (Lipinski definition) is 2. The molecule has 0 aliphatic carbocycles. The maximum atomic E-state index is 12.5. The van der Waals surface area contributed by atoms with E-state index in [1.165, 1.54) is 0 Å². The largest absolute Gasteiger partial charge is 0.486 e. The number of rotatable bonds is 6. The van der Waals surface area contributed by atoms with Gasteiger partial charge in [0.2, 0.25) is 5.91 Å². The van der Waals surface area contributed by atoms with Crippen LogP contribution in [0.3, 0.4) is 0 Å². The van der Waals surface area contributed by atoms with Gasteiger partial charge in [0.1, 0.15) is 11.9 Å². The average molecular weight is 376 g/mol. The second-order valence-corrected chi connectivity index (χ2v) is 7.82. The number of aromatic nitrogens is 1. The maximum absolute atomic E-state index is 12.5. The molecule has 2 unspecified atom stereocenters. The summed E-state index contributed by atoms with van der Waals surface area (Å²) < 4.78 is 11.5. The number of amides is 1. The number of aliphatic hydroxyl groups is 1. The van der Waals surface area contributed by atoms with Crippen molar-refractivity contribution in [3.8, 4) is 5.75 Å². The van der Waals surface area contributed by atoms with Gasteiger partial charge in [0.25, 0.3) is 0 Å². The van der Waals surface area contributed by atoms with Crippen LogP contribution in [0.4, 0.5) is 0 Å². The highest BCUT2D eigenvalue weighted by Gasteiger charge is 2.29. The Balaban J connectivity index is 1.60. The van der Waals surface area contributed by atoms with Crippen molar-refractivity contribution in [2.75, 3.05) is 13.2 Å². The lowest BCUT2D eigenvalue weighted by molar-refractivity contribution is -0.123. The number of carbonyl (C=O) groups excluding carboxylic acids is 1. The van der Waals surface area contributed by atoms with E-state index < -0.39 is 0 Å². The Morgan fingerprint density at radius 3 is 2.81 bits per heavy atom. The second-order valence-electron chi connectivity index (χ2n) is 6.41. The smallest absolute Gasteiger partial charge is 0.226 e. The first-order chi connectivity index (χ1) is 12.5. The Morgan fingerprint density at radius 2 is 2.15 bits per heavy atom. The first-order valence-corrected chi connectivity index (χ1v) is 9.53. The van der Waals surface area contributed by atoms with Crippen molar-refractivity contribution in [1.82, 2.24) is 10.3 Å². The second kappa shape index (κ2) is 8.62. The number of carbonyl (C=O) groups is 1. The van der Waals surface area contributed by atoms with E-state index in [-0.39, 0.29) is 31.1 Å². The van der Waals surface area contributed by atoms with Crippen LogP contribution in [0.5, 0.6) is 5.75 Å². The zero-order valence-electron chi connectivity index (χ0n) is 15.0. The minimum atomic E-state index is -0.244. The van der Waals surface area contributed by atoms with Crippen molar-refractivity contribution < 1.29 is 19.4 Å². The standard InChI is InChI=1S/C19H24N2O4S/c1-12-17(20-13(2)26-12)9-19(23)21-16-7-8-24-11-18(16)25-15-5-3-14(10-22)4-6-15/h3-6,16,18,22H,7-11H2,1-2H3,(H,21,23). The molecule has 3 rings (SSSR count). The first kappa shape index (κ1) is 18.8. The van der Waals surface area contributed by atoms with Gasteiger partial charge in [-0.15, -0.1) is 11.3 Å². The maximum Gasteiger partial charge on any atom is 0.226 e. The van der Waals surface area contributed by atoms with E-state index in [1.54, 1.807) is 11.3 Å². The Hall–Kier alpha value is -1.96. The Labute approximate surface area is 157 Å². The van der Waals surface area contributed by atoms with E-state index in [9.17, 15) is 4.79 Å². The van der Waals surface area contributed by atoms with Crippen molar-refractivity contribution in [1.29, 1.82) is 0 Å². The summed E-state index contributed by atoms with van der Waals surface area (Å²) in [4.78, 5) is 18.0. The lowest BCUT2D eigenvalue weighted by Crippen LogP contribution is -2.51. The molecule has 2 aromatic rings. The molecule has 1 aromatic carbocycles. The summed E-state index contributed by atoms with van der Waals surface area (Å²) in [6.07, 6.45) is 0.747. The highest BCUT2D eigenvalue weighted by molar-refractivity contribution is 7.11. The van der Waals surface area contributed by atoms with Crippen molar-refractivity contribution in [3.63, 3.8) is 0 Å². The average Bonchev–Trinajstić information content (AvgIpc) is 2.94. The van der Waals surface area contributed by atoms with Crippen LogP contribution in [-0.4, -0.2) is 41.4 Å². The molecule has 0 radical (unpaired) electrons. The Bertz CT molecular complexity index is 744. The van der Waals surface area contributed by atoms with Crippen LogP contribution in [0.25, 0.3) is 0 Å². The van der Waals surface area contributed by atoms with Gasteiger partial charge < -0.3 is 19.9 Å². The normalized spacial score (nSPS) is 20.0. The molecular formula is C19H24N2O4S. The van der Waals surface area contributed by atoms with E-state index in [0.29, 0.717) is 25.4 Å². The summed E-state index contributed by atoms with van der Waals surface area (Å²) in [7, 11) is 0. The van der Waals surface area contributed by atoms with Crippen LogP contribution in [0.15, 0.2) is 24.3 Å². The molecule has 1 amide bonds. The van der Waals surface area contributed by atoms with Crippen LogP contribution in [0, 0.1) is 13.8 Å². The number of nitrogens with zero attached hydrogens (tertiary/aromatic N) is 1. The monoisotopic (exact) mass is 376 g/mol. The van der Waals surface area contributed by atoms with E-state index in [2.05, 4.69) is 10.3 Å². The highest BCUT2D eigenvalue weighted by Crippen LogP contribution is 2.20. The topological polar surface area (TPSA) is 80.7 Å². The number of nitrogens with one attached hydrogen (secondary N) is 1. The molecule has 7 heteroatoms. The minimum absolute atomic E-state index is 0.00100. The molecule has 0 bridgehead atoms. The summed E-state index contributed by atoms with van der Waals surface area (Å²) in [5.41, 5.74) is 1.67. The van der Waals surface area contributed by atoms with Crippen LogP contribution in [0.2, 0.25) is 0 Å². The number of benzene rings is 1. The predicted molar refractivity (Wildman–Crippen MR) is 99.4 cm³/mol. The van der Waals surface area contributed by atoms with E-state index in [1.807, 2.05) is 38.1 Å². The van der Waals surface area contributed by atoms with Gasteiger partial charge in [-0.05, 0) is 38.0 Å². The molecule has 140 valence electrons. The lowest BCUT2D eigenvalue weighted by atomic mass is 10.1. The number of thiazole rings is 1. The summed E-state index contributed by atoms with van der Waals surface area (Å²) >= 11 is 1.61. The fourth-order valence-corrected chi connectivity index (χ4v) is 3.82. The zero-order chi connectivity index (χ0) is 18.5. The molecule has 6 nitrogen and oxygen atoms in total. The Kier molecular flexibility index (Phi) is 6.24. The molecule has 1 aromatic heterocycles. The van der Waals surface area contributed by atoms with Crippen molar-refractivity contribution in [2.45, 2.75) is 45.4 Å². The highest BCUT2D eigenvalue weighted by atomic mass is 32.1. The van der Waals surface area contributed by atoms with Crippen molar-refractivity contribution >= 4 is 17.2 Å². The number of hydrogen-bond acceptors (Lipinski definition) is 6. The first-order valence-electron chi connectivity index (χ1n) is 8.71. The van der Waals surface area contributed by atoms with Crippen molar-refractivity contribution in [3.05, 3.63) is 45.4 Å². The third-order valence-corrected chi connectivity index (χ3v) is 5.30. The number of aryl methyl sites for hydroxylation is 2. The number of ether oxygens (including phenoxy) is 2. The predicted octanol–water partition coefficient (Wildman–Crippen LogP) is 2.15. The summed E-state index contributed by atoms with van der Waals surface area (Å²) in [6.45, 7) is 4.97. The van der Waals surface area contributed by atoms with Gasteiger partial charge in [-0.2, -0.15) is 0 Å². The van der Waals surface area contributed by atoms with Gasteiger partial charge in [-0.1, -0.05) is 12.1 Å². The quantitative estimate of drug-likeness (QED) is 0.807. The van der Waals surface area contributed by atoms with Crippen LogP contribution >= 0.6 is 11.3 Å². The molecule has 0 saturated carbocycles. The van der Waals surface area contributed by atoms with Gasteiger partial charge in [-0.25, -0.2) is 4.98 Å². The molecular weight excluding hydrogens is 352 g/mol. The zero-order valence-corrected chi connectivity index (χ0v) is 15.8. The van der Waals surface area contributed by atoms with Gasteiger partial charge >= 0.3 is 0 Å². The molecule has 1 fully saturated rings. The third-order valence-electron chi connectivity index (χ3n) is 4.37. The summed E-state index contributed by atoms with van der Waals surface area (Å²) in [6, 6.07) is 7.18. The lowest BCUT2D eigenvalue weighted by Gasteiger charge is -2.32. The van der Waals surface area contributed by atoms with Gasteiger partial charge in [0.15, 0.2) is 0 Å². The summed E-state index contributed by atoms with van der Waals surface area (Å²) in [5, 5.41) is 13.2. The molecule has 0 spiro atoms. The fourth-order valence-electron chi connectivity index (χ4n) is 2.99. The van der Waals surface area contributed by atoms with Gasteiger partial charge in [0, 0.05) is 11.5 Å². The summed E-state index contributed by atoms with van der Waals surface area (Å²) in [5.74, 6) is 0.650. The molecule has 2 N–H and O–H groups in total. The van der Waals surface area contributed by atoms with E-state index in [0.717, 1.165) is 21.1 Å². The minimum Gasteiger partial charge on any atom is -0.486 e. The van der Waals surface area contributed by atoms with Gasteiger partial charge in [0.05, 0.1) is 36.4 Å². The van der Waals surface area contributed by atoms with Crippen LogP contribution in [0.1, 0.15) is 27.6 Å². The number of aliphatic hydroxyl groups excluding tert-OH is 1. The molecule has 26 heavy (non-hydrogen) atoms. The SMILES string of the molecule is Cc1nc(CC(=O)NC2CCOCC2Oc2ccc(CO)cc2)c(C)s1. The van der Waals surface area contributed by atoms with E-state index in [4.69, 9.17) is 14.6 Å². The molecule has 2 heterocycles. The molecule has 1 saturated heterocycles. The van der Waals surface area contributed by atoms with Crippen LogP contribution in [-0.2, 0) is 22.6 Å². The molecule has 1 aliphatic heterocycles. The van der Waals surface area contributed by atoms with Gasteiger partial charge in [-0.3, -0.25) is 4.79 Å².